The highest BCUT2D eigenvalue weighted by Gasteiger charge is 2.40. The Balaban J connectivity index is 1.95. The van der Waals surface area contributed by atoms with Gasteiger partial charge < -0.3 is 0 Å². The fourth-order valence-corrected chi connectivity index (χ4v) is 3.03. The number of alkyl halides is 3. The zero-order chi connectivity index (χ0) is 16.1. The average Bonchev–Trinajstić information content (AvgIpc) is 3.01. The van der Waals surface area contributed by atoms with Gasteiger partial charge in [-0.05, 0) is 19.8 Å². The predicted octanol–water partition coefficient (Wildman–Crippen LogP) is 3.01. The molecular formula is C13H13F3N4OS. The van der Waals surface area contributed by atoms with Crippen molar-refractivity contribution in [3.8, 4) is 0 Å². The number of rotatable bonds is 3. The fourth-order valence-electron chi connectivity index (χ4n) is 2.15. The summed E-state index contributed by atoms with van der Waals surface area (Å²) in [5.41, 5.74) is -0.382. The van der Waals surface area contributed by atoms with Crippen molar-refractivity contribution in [3.05, 3.63) is 28.5 Å². The van der Waals surface area contributed by atoms with Crippen molar-refractivity contribution in [2.24, 2.45) is 7.05 Å². The molecule has 0 aromatic carbocycles. The third kappa shape index (κ3) is 2.72. The van der Waals surface area contributed by atoms with E-state index in [2.05, 4.69) is 10.1 Å². The molecule has 0 spiro atoms. The molecule has 9 heteroatoms. The lowest BCUT2D eigenvalue weighted by Crippen LogP contribution is -2.33. The Morgan fingerprint density at radius 1 is 1.45 bits per heavy atom. The maximum Gasteiger partial charge on any atom is 0.433 e. The summed E-state index contributed by atoms with van der Waals surface area (Å²) in [5.74, 6) is -0.539. The van der Waals surface area contributed by atoms with Crippen LogP contribution in [0.4, 0.5) is 18.3 Å². The van der Waals surface area contributed by atoms with E-state index in [1.165, 1.54) is 23.3 Å². The molecule has 3 rings (SSSR count). The van der Waals surface area contributed by atoms with Gasteiger partial charge in [0.2, 0.25) is 0 Å². The molecule has 2 heterocycles. The van der Waals surface area contributed by atoms with Gasteiger partial charge in [-0.25, -0.2) is 4.98 Å². The smallest absolute Gasteiger partial charge is 0.279 e. The molecule has 0 N–H and O–H groups in total. The number of nitrogens with zero attached hydrogens (tertiary/aromatic N) is 4. The van der Waals surface area contributed by atoms with Gasteiger partial charge in [-0.3, -0.25) is 14.4 Å². The van der Waals surface area contributed by atoms with E-state index in [1.54, 1.807) is 12.3 Å². The van der Waals surface area contributed by atoms with Gasteiger partial charge in [0.05, 0.1) is 5.69 Å². The van der Waals surface area contributed by atoms with Crippen LogP contribution in [0.1, 0.15) is 34.7 Å². The van der Waals surface area contributed by atoms with Crippen molar-refractivity contribution in [2.75, 3.05) is 4.90 Å². The maximum absolute atomic E-state index is 12.8. The van der Waals surface area contributed by atoms with Gasteiger partial charge >= 0.3 is 6.18 Å². The minimum Gasteiger partial charge on any atom is -0.279 e. The third-order valence-electron chi connectivity index (χ3n) is 3.33. The molecule has 1 amide bonds. The Morgan fingerprint density at radius 2 is 2.14 bits per heavy atom. The average molecular weight is 330 g/mol. The molecule has 0 saturated heterocycles. The van der Waals surface area contributed by atoms with Crippen LogP contribution in [0.15, 0.2) is 11.4 Å². The number of carbonyl (C=O) groups excluding carboxylic acids is 1. The molecule has 0 atom stereocenters. The van der Waals surface area contributed by atoms with Crippen LogP contribution < -0.4 is 4.90 Å². The first-order chi connectivity index (χ1) is 10.3. The lowest BCUT2D eigenvalue weighted by molar-refractivity contribution is -0.143. The Hall–Kier alpha value is -1.90. The second kappa shape index (κ2) is 5.08. The van der Waals surface area contributed by atoms with Gasteiger partial charge in [-0.1, -0.05) is 0 Å². The molecule has 2 aromatic rings. The van der Waals surface area contributed by atoms with Crippen molar-refractivity contribution in [2.45, 2.75) is 32.0 Å². The number of aromatic nitrogens is 3. The molecule has 22 heavy (non-hydrogen) atoms. The summed E-state index contributed by atoms with van der Waals surface area (Å²) in [6.07, 6.45) is -2.89. The Morgan fingerprint density at radius 3 is 2.59 bits per heavy atom. The number of aryl methyl sites for hydroxylation is 2. The largest absolute Gasteiger partial charge is 0.433 e. The zero-order valence-corrected chi connectivity index (χ0v) is 12.7. The van der Waals surface area contributed by atoms with Crippen LogP contribution in [-0.2, 0) is 13.2 Å². The molecule has 5 nitrogen and oxygen atoms in total. The minimum absolute atomic E-state index is 0.00519. The highest BCUT2D eigenvalue weighted by molar-refractivity contribution is 7.14. The van der Waals surface area contributed by atoms with E-state index in [4.69, 9.17) is 0 Å². The number of halogens is 3. The third-order valence-corrected chi connectivity index (χ3v) is 4.29. The monoisotopic (exact) mass is 330 g/mol. The van der Waals surface area contributed by atoms with E-state index < -0.39 is 17.8 Å². The topological polar surface area (TPSA) is 51.0 Å². The summed E-state index contributed by atoms with van der Waals surface area (Å²) in [6.45, 7) is 1.80. The molecule has 1 aliphatic rings. The number of hydrogen-bond donors (Lipinski definition) is 0. The van der Waals surface area contributed by atoms with Crippen molar-refractivity contribution in [1.29, 1.82) is 0 Å². The lowest BCUT2D eigenvalue weighted by Gasteiger charge is -2.17. The van der Waals surface area contributed by atoms with E-state index in [0.29, 0.717) is 9.81 Å². The first kappa shape index (κ1) is 15.0. The predicted molar refractivity (Wildman–Crippen MR) is 74.9 cm³/mol. The van der Waals surface area contributed by atoms with Crippen molar-refractivity contribution < 1.29 is 18.0 Å². The van der Waals surface area contributed by atoms with Crippen LogP contribution in [0.2, 0.25) is 0 Å². The summed E-state index contributed by atoms with van der Waals surface area (Å²) in [6, 6.07) is 0.785. The molecule has 0 aliphatic heterocycles. The van der Waals surface area contributed by atoms with E-state index in [9.17, 15) is 18.0 Å². The number of amides is 1. The molecule has 2 aromatic heterocycles. The number of anilines is 1. The van der Waals surface area contributed by atoms with Crippen molar-refractivity contribution >= 4 is 22.4 Å². The van der Waals surface area contributed by atoms with E-state index in [1.807, 2.05) is 0 Å². The number of carbonyl (C=O) groups is 1. The number of thiazole rings is 1. The van der Waals surface area contributed by atoms with Crippen LogP contribution in [0.3, 0.4) is 0 Å². The number of hydrogen-bond acceptors (Lipinski definition) is 4. The van der Waals surface area contributed by atoms with Crippen LogP contribution in [-0.4, -0.2) is 26.7 Å². The first-order valence-corrected chi connectivity index (χ1v) is 7.52. The van der Waals surface area contributed by atoms with Crippen LogP contribution >= 0.6 is 11.3 Å². The molecule has 1 saturated carbocycles. The highest BCUT2D eigenvalue weighted by Crippen LogP contribution is 2.35. The van der Waals surface area contributed by atoms with Crippen molar-refractivity contribution in [1.82, 2.24) is 14.8 Å². The molecule has 0 radical (unpaired) electrons. The molecule has 0 bridgehead atoms. The second-order valence-corrected chi connectivity index (χ2v) is 6.05. The Kier molecular flexibility index (Phi) is 3.47. The molecule has 1 fully saturated rings. The summed E-state index contributed by atoms with van der Waals surface area (Å²) in [4.78, 5) is 18.3. The molecular weight excluding hydrogens is 317 g/mol. The van der Waals surface area contributed by atoms with E-state index in [-0.39, 0.29) is 11.7 Å². The zero-order valence-electron chi connectivity index (χ0n) is 11.9. The SMILES string of the molecule is Cc1csc(N(C(=O)c2cc(C(F)(F)F)n(C)n2)C2CC2)n1. The van der Waals surface area contributed by atoms with Crippen LogP contribution in [0, 0.1) is 6.92 Å². The Bertz CT molecular complexity index is 717. The molecule has 0 unspecified atom stereocenters. The molecule has 1 aliphatic carbocycles. The first-order valence-electron chi connectivity index (χ1n) is 6.64. The standard InChI is InChI=1S/C13H13F3N4OS/c1-7-6-22-12(17-7)20(8-3-4-8)11(21)9-5-10(13(14,15)16)19(2)18-9/h5-6,8H,3-4H2,1-2H3. The van der Waals surface area contributed by atoms with Gasteiger partial charge in [0.15, 0.2) is 10.8 Å². The minimum atomic E-state index is -4.54. The van der Waals surface area contributed by atoms with Crippen molar-refractivity contribution in [3.63, 3.8) is 0 Å². The van der Waals surface area contributed by atoms with Crippen LogP contribution in [0.5, 0.6) is 0 Å². The quantitative estimate of drug-likeness (QED) is 0.869. The summed E-state index contributed by atoms with van der Waals surface area (Å²) in [7, 11) is 1.18. The van der Waals surface area contributed by atoms with Gasteiger partial charge in [-0.15, -0.1) is 11.3 Å². The lowest BCUT2D eigenvalue weighted by atomic mass is 10.3. The Labute approximate surface area is 128 Å². The summed E-state index contributed by atoms with van der Waals surface area (Å²) >= 11 is 1.30. The normalized spacial score (nSPS) is 15.1. The van der Waals surface area contributed by atoms with Gasteiger partial charge in [0, 0.05) is 24.5 Å². The summed E-state index contributed by atoms with van der Waals surface area (Å²) in [5, 5.41) is 6.03. The van der Waals surface area contributed by atoms with E-state index in [0.717, 1.165) is 24.6 Å². The highest BCUT2D eigenvalue weighted by atomic mass is 32.1. The maximum atomic E-state index is 12.8. The van der Waals surface area contributed by atoms with Gasteiger partial charge in [-0.2, -0.15) is 18.3 Å². The fraction of sp³-hybridized carbons (Fsp3) is 0.462. The van der Waals surface area contributed by atoms with Crippen LogP contribution in [0.25, 0.3) is 0 Å². The second-order valence-electron chi connectivity index (χ2n) is 5.21. The van der Waals surface area contributed by atoms with Gasteiger partial charge in [0.1, 0.15) is 5.69 Å². The van der Waals surface area contributed by atoms with E-state index >= 15 is 0 Å². The summed E-state index contributed by atoms with van der Waals surface area (Å²) < 4.78 is 39.2. The van der Waals surface area contributed by atoms with Gasteiger partial charge in [0.25, 0.3) is 5.91 Å². The molecule has 118 valence electrons.